The van der Waals surface area contributed by atoms with Crippen molar-refractivity contribution in [2.75, 3.05) is 0 Å². The Labute approximate surface area is 249 Å². The molecule has 1 aliphatic rings. The molecule has 40 heavy (non-hydrogen) atoms. The maximum atomic E-state index is 7.50. The van der Waals surface area contributed by atoms with Gasteiger partial charge in [-0.15, -0.1) is 5.92 Å². The van der Waals surface area contributed by atoms with Gasteiger partial charge in [-0.3, -0.25) is 0 Å². The van der Waals surface area contributed by atoms with Gasteiger partial charge in [-0.2, -0.15) is 6.42 Å². The summed E-state index contributed by atoms with van der Waals surface area (Å²) in [5.41, 5.74) is 1.40. The van der Waals surface area contributed by atoms with Crippen molar-refractivity contribution >= 4 is 8.60 Å². The van der Waals surface area contributed by atoms with Gasteiger partial charge in [0.05, 0.1) is 0 Å². The summed E-state index contributed by atoms with van der Waals surface area (Å²) in [6.45, 7) is 9.00. The molecule has 0 bridgehead atoms. The number of rotatable bonds is 7. The molecule has 0 N–H and O–H groups in total. The Morgan fingerprint density at radius 3 is 1.38 bits per heavy atom. The Kier molecular flexibility index (Phi) is 19.2. The Morgan fingerprint density at radius 1 is 0.600 bits per heavy atom. The van der Waals surface area contributed by atoms with E-state index in [0.29, 0.717) is 23.2 Å². The van der Waals surface area contributed by atoms with Crippen LogP contribution in [0.2, 0.25) is 0 Å². The normalized spacial score (nSPS) is 13.1. The minimum Gasteiger partial charge on any atom is -0.409 e. The van der Waals surface area contributed by atoms with Gasteiger partial charge in [-0.05, 0) is 42.8 Å². The Balaban J connectivity index is 0.000000381. The van der Waals surface area contributed by atoms with Gasteiger partial charge >= 0.3 is 31.2 Å². The van der Waals surface area contributed by atoms with Gasteiger partial charge < -0.3 is 20.0 Å². The zero-order valence-corrected chi connectivity index (χ0v) is 23.7. The van der Waals surface area contributed by atoms with E-state index >= 15 is 0 Å². The first kappa shape index (κ1) is 34.5. The molecule has 0 fully saturated rings. The van der Waals surface area contributed by atoms with Crippen LogP contribution in [0.5, 0.6) is 17.2 Å². The summed E-state index contributed by atoms with van der Waals surface area (Å²) in [7, 11) is -1.59. The molecule has 0 aromatic heterocycles. The van der Waals surface area contributed by atoms with E-state index in [1.165, 1.54) is 18.4 Å². The van der Waals surface area contributed by atoms with Crippen LogP contribution in [-0.2, 0) is 26.4 Å². The predicted molar refractivity (Wildman–Crippen MR) is 152 cm³/mol. The van der Waals surface area contributed by atoms with Crippen molar-refractivity contribution in [3.63, 3.8) is 0 Å². The van der Waals surface area contributed by atoms with Crippen LogP contribution in [0.15, 0.2) is 133 Å². The quantitative estimate of drug-likeness (QED) is 0.0932. The van der Waals surface area contributed by atoms with Crippen molar-refractivity contribution in [3.8, 4) is 17.2 Å². The van der Waals surface area contributed by atoms with Crippen molar-refractivity contribution in [3.05, 3.63) is 165 Å². The molecule has 1 radical (unpaired) electrons. The summed E-state index contributed by atoms with van der Waals surface area (Å²) in [6.07, 6.45) is 11.4. The molecule has 0 spiro atoms. The molecule has 0 unspecified atom stereocenters. The number of allylic oxidation sites excluding steroid dienone is 2. The van der Waals surface area contributed by atoms with Crippen molar-refractivity contribution in [1.82, 2.24) is 0 Å². The van der Waals surface area contributed by atoms with Crippen molar-refractivity contribution in [2.24, 2.45) is 0 Å². The maximum absolute atomic E-state index is 7.50. The molecular formula is C33H29FeO5P-. The van der Waals surface area contributed by atoms with E-state index in [1.54, 1.807) is 0 Å². The molecule has 5 rings (SSSR count). The van der Waals surface area contributed by atoms with E-state index in [9.17, 15) is 0 Å². The van der Waals surface area contributed by atoms with Gasteiger partial charge in [0.25, 0.3) is 0 Å². The number of benzene rings is 4. The second-order valence-electron chi connectivity index (χ2n) is 7.81. The molecule has 5 nitrogen and oxygen atoms in total. The molecule has 1 atom stereocenters. The summed E-state index contributed by atoms with van der Waals surface area (Å²) in [6, 6.07) is 39.2. The summed E-state index contributed by atoms with van der Waals surface area (Å²) < 4.78 is 32.5. The van der Waals surface area contributed by atoms with Crippen LogP contribution < -0.4 is 13.6 Å². The molecule has 0 heterocycles. The Bertz CT molecular complexity index is 1110. The Morgan fingerprint density at radius 2 is 0.975 bits per heavy atom. The van der Waals surface area contributed by atoms with Crippen molar-refractivity contribution < 1.29 is 39.9 Å². The third-order valence-corrected chi connectivity index (χ3v) is 6.24. The molecule has 0 amide bonds. The first-order valence-corrected chi connectivity index (χ1v) is 13.2. The summed E-state index contributed by atoms with van der Waals surface area (Å²) >= 11 is 0. The van der Waals surface area contributed by atoms with Crippen LogP contribution in [0.3, 0.4) is 0 Å². The van der Waals surface area contributed by atoms with E-state index in [1.807, 2.05) is 91.0 Å². The molecule has 1 aliphatic carbocycles. The summed E-state index contributed by atoms with van der Waals surface area (Å²) in [5.74, 6) is 2.64. The molecule has 205 valence electrons. The van der Waals surface area contributed by atoms with Crippen LogP contribution in [0.25, 0.3) is 0 Å². The minimum absolute atomic E-state index is 0. The molecule has 0 saturated heterocycles. The predicted octanol–water partition coefficient (Wildman–Crippen LogP) is 8.90. The smallest absolute Gasteiger partial charge is 0.409 e. The fourth-order valence-electron chi connectivity index (χ4n) is 3.43. The largest absolute Gasteiger partial charge is 0.530 e. The molecule has 0 aliphatic heterocycles. The van der Waals surface area contributed by atoms with Gasteiger partial charge in [-0.25, -0.2) is 0 Å². The van der Waals surface area contributed by atoms with E-state index in [2.05, 4.69) is 68.6 Å². The zero-order valence-electron chi connectivity index (χ0n) is 21.7. The van der Waals surface area contributed by atoms with E-state index in [0.717, 1.165) is 0 Å². The van der Waals surface area contributed by atoms with Crippen LogP contribution in [0, 0.1) is 26.1 Å². The third-order valence-electron chi connectivity index (χ3n) is 5.16. The Hall–Kier alpha value is -3.55. The van der Waals surface area contributed by atoms with Gasteiger partial charge in [0.15, 0.2) is 0 Å². The zero-order chi connectivity index (χ0) is 28.0. The van der Waals surface area contributed by atoms with Crippen LogP contribution in [0.4, 0.5) is 0 Å². The fourth-order valence-corrected chi connectivity index (χ4v) is 4.42. The fraction of sp³-hybridized carbons (Fsp3) is 0.0909. The average molecular weight is 592 g/mol. The van der Waals surface area contributed by atoms with Crippen molar-refractivity contribution in [2.45, 2.75) is 18.8 Å². The van der Waals surface area contributed by atoms with Gasteiger partial charge in [-0.1, -0.05) is 109 Å². The van der Waals surface area contributed by atoms with E-state index in [4.69, 9.17) is 22.9 Å². The second-order valence-corrected chi connectivity index (χ2v) is 8.80. The SMILES string of the molecule is [C-]#[O+].[C-]#[O+].[CH]1C=CCC[CH-][C@H]1c1ccccc1.[Fe].c1ccc(OP(Oc2ccccc2)Oc2ccccc2)cc1. The maximum Gasteiger partial charge on any atom is 0.530 e. The van der Waals surface area contributed by atoms with Gasteiger partial charge in [0, 0.05) is 17.1 Å². The van der Waals surface area contributed by atoms with Crippen LogP contribution >= 0.6 is 8.60 Å². The van der Waals surface area contributed by atoms with Gasteiger partial charge in [0.2, 0.25) is 0 Å². The van der Waals surface area contributed by atoms with E-state index < -0.39 is 8.60 Å². The topological polar surface area (TPSA) is 67.5 Å². The molecule has 7 heteroatoms. The van der Waals surface area contributed by atoms with Crippen molar-refractivity contribution in [1.29, 1.82) is 0 Å². The third kappa shape index (κ3) is 13.5. The first-order chi connectivity index (χ1) is 19.4. The van der Waals surface area contributed by atoms with Crippen LogP contribution in [0.1, 0.15) is 24.3 Å². The van der Waals surface area contributed by atoms with Crippen LogP contribution in [-0.4, -0.2) is 0 Å². The number of para-hydroxylation sites is 3. The minimum atomic E-state index is -1.59. The number of hydrogen-bond acceptors (Lipinski definition) is 3. The average Bonchev–Trinajstić information content (AvgIpc) is 3.32. The van der Waals surface area contributed by atoms with Gasteiger partial charge in [0.1, 0.15) is 17.2 Å². The first-order valence-electron chi connectivity index (χ1n) is 12.1. The summed E-state index contributed by atoms with van der Waals surface area (Å²) in [5, 5.41) is 0. The standard InChI is InChI=1S/C18H15O3P.C13H14.2CO.Fe/c1-4-10-16(11-5-1)19-22(20-17-12-6-2-7-13-17)21-18-14-8-3-9-15-18;1-2-5-9-12(8-4-1)13-10-6-3-7-11-13;2*1-2;/h1-15H;1,3-4,6-12H,2,5H2;;;/q;-1;;;/t;12-;;;/m.0.../s1. The molecule has 4 aromatic rings. The second kappa shape index (κ2) is 22.3. The van der Waals surface area contributed by atoms with E-state index in [-0.39, 0.29) is 17.1 Å². The summed E-state index contributed by atoms with van der Waals surface area (Å²) in [4.78, 5) is 0. The molecule has 0 saturated carbocycles. The molecule has 4 aromatic carbocycles. The number of hydrogen-bond donors (Lipinski definition) is 0. The molecular weight excluding hydrogens is 563 g/mol. The monoisotopic (exact) mass is 592 g/mol.